The first-order valence-corrected chi connectivity index (χ1v) is 10.7. The molecule has 0 radical (unpaired) electrons. The lowest BCUT2D eigenvalue weighted by molar-refractivity contribution is 0.414. The van der Waals surface area contributed by atoms with Crippen molar-refractivity contribution in [3.63, 3.8) is 0 Å². The van der Waals surface area contributed by atoms with Crippen LogP contribution in [0.4, 0.5) is 5.69 Å². The van der Waals surface area contributed by atoms with Crippen LogP contribution in [0.2, 0.25) is 0 Å². The zero-order valence-corrected chi connectivity index (χ0v) is 17.5. The summed E-state index contributed by atoms with van der Waals surface area (Å²) in [7, 11) is 1.74. The van der Waals surface area contributed by atoms with E-state index in [1.54, 1.807) is 7.11 Å². The minimum Gasteiger partial charge on any atom is -0.497 e. The number of ether oxygens (including phenoxy) is 1. The first kappa shape index (κ1) is 21.3. The van der Waals surface area contributed by atoms with Gasteiger partial charge in [-0.05, 0) is 31.0 Å². The van der Waals surface area contributed by atoms with Gasteiger partial charge in [0.1, 0.15) is 5.75 Å². The average Bonchev–Trinajstić information content (AvgIpc) is 2.70. The van der Waals surface area contributed by atoms with E-state index in [1.165, 1.54) is 68.2 Å². The fraction of sp³-hybridized carbons (Fsp3) is 0.520. The van der Waals surface area contributed by atoms with E-state index in [2.05, 4.69) is 61.2 Å². The molecule has 0 aliphatic rings. The molecule has 0 aliphatic heterocycles. The molecule has 148 valence electrons. The Kier molecular flexibility index (Phi) is 9.83. The summed E-state index contributed by atoms with van der Waals surface area (Å²) in [5, 5.41) is 0. The SMILES string of the molecule is CCCCCCCCCCN(Cc1ccc(C)cc1)c1cccc(OC)c1. The lowest BCUT2D eigenvalue weighted by Crippen LogP contribution is -2.24. The molecule has 0 aliphatic carbocycles. The van der Waals surface area contributed by atoms with Crippen LogP contribution in [-0.2, 0) is 6.54 Å². The number of rotatable bonds is 13. The van der Waals surface area contributed by atoms with Gasteiger partial charge in [-0.3, -0.25) is 0 Å². The third-order valence-corrected chi connectivity index (χ3v) is 5.19. The number of nitrogens with zero attached hydrogens (tertiary/aromatic N) is 1. The Morgan fingerprint density at radius 3 is 2.15 bits per heavy atom. The van der Waals surface area contributed by atoms with Gasteiger partial charge in [0.25, 0.3) is 0 Å². The molecule has 0 bridgehead atoms. The van der Waals surface area contributed by atoms with Crippen molar-refractivity contribution in [3.8, 4) is 5.75 Å². The molecule has 2 heteroatoms. The summed E-state index contributed by atoms with van der Waals surface area (Å²) in [6.45, 7) is 6.46. The maximum absolute atomic E-state index is 5.43. The molecule has 0 atom stereocenters. The van der Waals surface area contributed by atoms with Crippen molar-refractivity contribution in [3.05, 3.63) is 59.7 Å². The Balaban J connectivity index is 1.90. The molecule has 0 fully saturated rings. The predicted molar refractivity (Wildman–Crippen MR) is 118 cm³/mol. The molecule has 2 nitrogen and oxygen atoms in total. The Hall–Kier alpha value is -1.96. The van der Waals surface area contributed by atoms with Crippen LogP contribution in [0.1, 0.15) is 69.4 Å². The van der Waals surface area contributed by atoms with Gasteiger partial charge in [-0.1, -0.05) is 87.8 Å². The number of aryl methyl sites for hydroxylation is 1. The van der Waals surface area contributed by atoms with E-state index in [9.17, 15) is 0 Å². The maximum Gasteiger partial charge on any atom is 0.120 e. The van der Waals surface area contributed by atoms with Crippen molar-refractivity contribution in [2.75, 3.05) is 18.6 Å². The number of unbranched alkanes of at least 4 members (excludes halogenated alkanes) is 7. The van der Waals surface area contributed by atoms with Crippen molar-refractivity contribution in [1.82, 2.24) is 0 Å². The summed E-state index contributed by atoms with van der Waals surface area (Å²) in [5.74, 6) is 0.928. The van der Waals surface area contributed by atoms with Gasteiger partial charge in [-0.25, -0.2) is 0 Å². The van der Waals surface area contributed by atoms with Gasteiger partial charge < -0.3 is 9.64 Å². The van der Waals surface area contributed by atoms with E-state index in [-0.39, 0.29) is 0 Å². The van der Waals surface area contributed by atoms with Gasteiger partial charge in [0.05, 0.1) is 7.11 Å². The van der Waals surface area contributed by atoms with Crippen LogP contribution in [0.15, 0.2) is 48.5 Å². The molecule has 2 aromatic carbocycles. The Morgan fingerprint density at radius 2 is 1.48 bits per heavy atom. The molecule has 0 saturated carbocycles. The summed E-state index contributed by atoms with van der Waals surface area (Å²) < 4.78 is 5.43. The zero-order valence-electron chi connectivity index (χ0n) is 17.5. The highest BCUT2D eigenvalue weighted by Crippen LogP contribution is 2.23. The van der Waals surface area contributed by atoms with Gasteiger partial charge in [-0.15, -0.1) is 0 Å². The summed E-state index contributed by atoms with van der Waals surface area (Å²) in [6.07, 6.45) is 10.8. The Labute approximate surface area is 166 Å². The maximum atomic E-state index is 5.43. The van der Waals surface area contributed by atoms with Crippen LogP contribution < -0.4 is 9.64 Å². The monoisotopic (exact) mass is 367 g/mol. The van der Waals surface area contributed by atoms with Gasteiger partial charge >= 0.3 is 0 Å². The van der Waals surface area contributed by atoms with Gasteiger partial charge in [0, 0.05) is 24.8 Å². The molecule has 0 spiro atoms. The quantitative estimate of drug-likeness (QED) is 0.348. The summed E-state index contributed by atoms with van der Waals surface area (Å²) in [6, 6.07) is 17.4. The zero-order chi connectivity index (χ0) is 19.3. The van der Waals surface area contributed by atoms with E-state index in [0.29, 0.717) is 0 Å². The summed E-state index contributed by atoms with van der Waals surface area (Å²) >= 11 is 0. The van der Waals surface area contributed by atoms with Crippen LogP contribution >= 0.6 is 0 Å². The van der Waals surface area contributed by atoms with Crippen molar-refractivity contribution >= 4 is 5.69 Å². The molecule has 0 heterocycles. The summed E-state index contributed by atoms with van der Waals surface area (Å²) in [5.41, 5.74) is 3.93. The standard InChI is InChI=1S/C25H37NO/c1-4-5-6-7-8-9-10-11-19-26(21-23-17-15-22(2)16-18-23)24-13-12-14-25(20-24)27-3/h12-18,20H,4-11,19,21H2,1-3H3. The van der Waals surface area contributed by atoms with E-state index in [1.807, 2.05) is 6.07 Å². The predicted octanol–water partition coefficient (Wildman–Crippen LogP) is 7.15. The molecule has 0 amide bonds. The smallest absolute Gasteiger partial charge is 0.120 e. The largest absolute Gasteiger partial charge is 0.497 e. The molecule has 0 unspecified atom stereocenters. The van der Waals surface area contributed by atoms with Crippen LogP contribution in [0.3, 0.4) is 0 Å². The van der Waals surface area contributed by atoms with Crippen molar-refractivity contribution in [1.29, 1.82) is 0 Å². The second-order valence-corrected chi connectivity index (χ2v) is 7.58. The molecule has 0 N–H and O–H groups in total. The molecule has 27 heavy (non-hydrogen) atoms. The second kappa shape index (κ2) is 12.4. The Morgan fingerprint density at radius 1 is 0.815 bits per heavy atom. The molecule has 2 rings (SSSR count). The fourth-order valence-electron chi connectivity index (χ4n) is 3.46. The summed E-state index contributed by atoms with van der Waals surface area (Å²) in [4.78, 5) is 2.49. The highest BCUT2D eigenvalue weighted by Gasteiger charge is 2.09. The minimum absolute atomic E-state index is 0.928. The highest BCUT2D eigenvalue weighted by molar-refractivity contribution is 5.51. The average molecular weight is 368 g/mol. The lowest BCUT2D eigenvalue weighted by Gasteiger charge is -2.25. The van der Waals surface area contributed by atoms with Crippen molar-refractivity contribution in [2.45, 2.75) is 71.8 Å². The van der Waals surface area contributed by atoms with Crippen LogP contribution in [-0.4, -0.2) is 13.7 Å². The number of anilines is 1. The molecular formula is C25H37NO. The fourth-order valence-corrected chi connectivity index (χ4v) is 3.46. The lowest BCUT2D eigenvalue weighted by atomic mass is 10.1. The van der Waals surface area contributed by atoms with E-state index >= 15 is 0 Å². The van der Waals surface area contributed by atoms with Gasteiger partial charge in [0.2, 0.25) is 0 Å². The van der Waals surface area contributed by atoms with E-state index in [0.717, 1.165) is 18.8 Å². The highest BCUT2D eigenvalue weighted by atomic mass is 16.5. The molecular weight excluding hydrogens is 330 g/mol. The second-order valence-electron chi connectivity index (χ2n) is 7.58. The van der Waals surface area contributed by atoms with Gasteiger partial charge in [0.15, 0.2) is 0 Å². The van der Waals surface area contributed by atoms with E-state index in [4.69, 9.17) is 4.74 Å². The molecule has 0 aromatic heterocycles. The third kappa shape index (κ3) is 8.07. The molecule has 2 aromatic rings. The normalized spacial score (nSPS) is 10.8. The van der Waals surface area contributed by atoms with Crippen molar-refractivity contribution < 1.29 is 4.74 Å². The minimum atomic E-state index is 0.928. The van der Waals surface area contributed by atoms with Crippen molar-refractivity contribution in [2.24, 2.45) is 0 Å². The first-order valence-electron chi connectivity index (χ1n) is 10.7. The first-order chi connectivity index (χ1) is 13.2. The number of hydrogen-bond acceptors (Lipinski definition) is 2. The number of methoxy groups -OCH3 is 1. The molecule has 0 saturated heterocycles. The topological polar surface area (TPSA) is 12.5 Å². The van der Waals surface area contributed by atoms with Crippen LogP contribution in [0.25, 0.3) is 0 Å². The van der Waals surface area contributed by atoms with Crippen LogP contribution in [0, 0.1) is 6.92 Å². The Bertz CT molecular complexity index is 635. The number of hydrogen-bond donors (Lipinski definition) is 0. The third-order valence-electron chi connectivity index (χ3n) is 5.19. The van der Waals surface area contributed by atoms with Gasteiger partial charge in [-0.2, -0.15) is 0 Å². The number of benzene rings is 2. The van der Waals surface area contributed by atoms with Crippen LogP contribution in [0.5, 0.6) is 5.75 Å². The van der Waals surface area contributed by atoms with E-state index < -0.39 is 0 Å².